The van der Waals surface area contributed by atoms with Gasteiger partial charge in [-0.3, -0.25) is 0 Å². The summed E-state index contributed by atoms with van der Waals surface area (Å²) < 4.78 is 0. The summed E-state index contributed by atoms with van der Waals surface area (Å²) in [6, 6.07) is 17.1. The van der Waals surface area contributed by atoms with Crippen LogP contribution in [0.2, 0.25) is 0 Å². The molecule has 0 unspecified atom stereocenters. The topological polar surface area (TPSA) is 57.2 Å². The quantitative estimate of drug-likeness (QED) is 0.752. The maximum Gasteiger partial charge on any atom is 0.247 e. The Morgan fingerprint density at radius 2 is 1.61 bits per heavy atom. The molecule has 0 spiro atoms. The summed E-state index contributed by atoms with van der Waals surface area (Å²) in [5.41, 5.74) is 5.06. The van der Waals surface area contributed by atoms with Crippen molar-refractivity contribution in [2.24, 2.45) is 0 Å². The van der Waals surface area contributed by atoms with E-state index in [4.69, 9.17) is 4.98 Å². The molecule has 3 aromatic rings. The number of hydrogen-bond donors (Lipinski definition) is 1. The van der Waals surface area contributed by atoms with Crippen LogP contribution in [0.3, 0.4) is 0 Å². The van der Waals surface area contributed by atoms with E-state index in [-0.39, 0.29) is 0 Å². The number of rotatable bonds is 4. The molecule has 0 atom stereocenters. The summed E-state index contributed by atoms with van der Waals surface area (Å²) >= 11 is 0. The Kier molecular flexibility index (Phi) is 4.53. The number of aromatic nitrogens is 3. The van der Waals surface area contributed by atoms with E-state index in [1.54, 1.807) is 6.20 Å². The molecule has 2 aromatic carbocycles. The number of benzene rings is 2. The number of nitrogens with zero attached hydrogens (tertiary/aromatic N) is 5. The van der Waals surface area contributed by atoms with Crippen LogP contribution in [-0.2, 0) is 13.0 Å². The molecule has 1 saturated heterocycles. The molecule has 1 aromatic heterocycles. The fourth-order valence-electron chi connectivity index (χ4n) is 4.03. The normalized spacial score (nSPS) is 16.1. The van der Waals surface area contributed by atoms with E-state index < -0.39 is 0 Å². The Labute approximate surface area is 165 Å². The van der Waals surface area contributed by atoms with Crippen LogP contribution in [0.5, 0.6) is 0 Å². The minimum Gasteiger partial charge on any atom is -0.372 e. The molecule has 6 nitrogen and oxygen atoms in total. The molecule has 5 rings (SSSR count). The van der Waals surface area contributed by atoms with Gasteiger partial charge in [-0.25, -0.2) is 0 Å². The molecule has 3 heterocycles. The third-order valence-electron chi connectivity index (χ3n) is 5.57. The molecule has 142 valence electrons. The first-order valence-corrected chi connectivity index (χ1v) is 9.99. The summed E-state index contributed by atoms with van der Waals surface area (Å²) in [6.07, 6.45) is 5.26. The molecule has 0 amide bonds. The molecule has 0 radical (unpaired) electrons. The first-order chi connectivity index (χ1) is 13.8. The number of hydrogen-bond acceptors (Lipinski definition) is 6. The maximum atomic E-state index is 4.70. The lowest BCUT2D eigenvalue weighted by atomic mass is 10.0. The molecular formula is C22H24N6. The van der Waals surface area contributed by atoms with Crippen LogP contribution in [0.1, 0.15) is 24.0 Å². The number of fused-ring (bicyclic) bond motifs is 1. The predicted octanol–water partition coefficient (Wildman–Crippen LogP) is 3.78. The van der Waals surface area contributed by atoms with Gasteiger partial charge in [-0.05, 0) is 54.7 Å². The molecule has 2 aliphatic heterocycles. The minimum absolute atomic E-state index is 0.674. The molecule has 1 N–H and O–H groups in total. The van der Waals surface area contributed by atoms with Gasteiger partial charge >= 0.3 is 0 Å². The average Bonchev–Trinajstić information content (AvgIpc) is 3.29. The van der Waals surface area contributed by atoms with Gasteiger partial charge in [0.05, 0.1) is 6.20 Å². The Hall–Kier alpha value is -3.15. The van der Waals surface area contributed by atoms with Gasteiger partial charge in [0.25, 0.3) is 0 Å². The van der Waals surface area contributed by atoms with Crippen LogP contribution in [-0.4, -0.2) is 34.8 Å². The summed E-state index contributed by atoms with van der Waals surface area (Å²) in [5.74, 6) is 1.39. The summed E-state index contributed by atoms with van der Waals surface area (Å²) in [5, 5.41) is 11.8. The standard InChI is InChI=1S/C22H24N6/c1-2-6-18-16-28(14-11-17(18)5-1)22-25-21(15-23-26-22)24-19-7-9-20(10-8-19)27-12-3-4-13-27/h1-2,5-10,15H,3-4,11-14,16H2,(H,24,25,26). The van der Waals surface area contributed by atoms with Gasteiger partial charge in [0.2, 0.25) is 5.95 Å². The Balaban J connectivity index is 1.29. The summed E-state index contributed by atoms with van der Waals surface area (Å²) in [4.78, 5) is 9.32. The van der Waals surface area contributed by atoms with Crippen molar-refractivity contribution < 1.29 is 0 Å². The van der Waals surface area contributed by atoms with Crippen LogP contribution >= 0.6 is 0 Å². The van der Waals surface area contributed by atoms with Crippen LogP contribution < -0.4 is 15.1 Å². The van der Waals surface area contributed by atoms with E-state index in [1.807, 2.05) is 0 Å². The fraction of sp³-hybridized carbons (Fsp3) is 0.318. The molecule has 2 aliphatic rings. The zero-order valence-electron chi connectivity index (χ0n) is 15.9. The van der Waals surface area contributed by atoms with E-state index in [0.29, 0.717) is 5.95 Å². The molecule has 0 bridgehead atoms. The first kappa shape index (κ1) is 17.0. The SMILES string of the molecule is c1ccc2c(c1)CCN(c1nncc(Nc3ccc(N4CCCC4)cc3)n1)C2. The van der Waals surface area contributed by atoms with E-state index in [2.05, 4.69) is 73.8 Å². The molecule has 0 aliphatic carbocycles. The van der Waals surface area contributed by atoms with Crippen LogP contribution in [0.25, 0.3) is 0 Å². The van der Waals surface area contributed by atoms with Crippen LogP contribution in [0.4, 0.5) is 23.1 Å². The van der Waals surface area contributed by atoms with Gasteiger partial charge in [0.15, 0.2) is 5.82 Å². The third-order valence-corrected chi connectivity index (χ3v) is 5.57. The minimum atomic E-state index is 0.674. The van der Waals surface area contributed by atoms with Crippen molar-refractivity contribution in [3.8, 4) is 0 Å². The van der Waals surface area contributed by atoms with Crippen molar-refractivity contribution >= 4 is 23.1 Å². The van der Waals surface area contributed by atoms with Gasteiger partial charge in [0, 0.05) is 37.6 Å². The third kappa shape index (κ3) is 3.50. The van der Waals surface area contributed by atoms with Crippen molar-refractivity contribution in [2.75, 3.05) is 34.8 Å². The van der Waals surface area contributed by atoms with Crippen molar-refractivity contribution in [1.29, 1.82) is 0 Å². The van der Waals surface area contributed by atoms with Crippen molar-refractivity contribution in [2.45, 2.75) is 25.8 Å². The van der Waals surface area contributed by atoms with Crippen LogP contribution in [0, 0.1) is 0 Å². The second kappa shape index (κ2) is 7.46. The predicted molar refractivity (Wildman–Crippen MR) is 112 cm³/mol. The van der Waals surface area contributed by atoms with Gasteiger partial charge in [-0.2, -0.15) is 10.1 Å². The molecule has 6 heteroatoms. The highest BCUT2D eigenvalue weighted by Crippen LogP contribution is 2.25. The lowest BCUT2D eigenvalue weighted by Crippen LogP contribution is -2.32. The van der Waals surface area contributed by atoms with E-state index in [9.17, 15) is 0 Å². The Morgan fingerprint density at radius 1 is 0.821 bits per heavy atom. The largest absolute Gasteiger partial charge is 0.372 e. The van der Waals surface area contributed by atoms with Crippen molar-refractivity contribution in [1.82, 2.24) is 15.2 Å². The highest BCUT2D eigenvalue weighted by Gasteiger charge is 2.19. The van der Waals surface area contributed by atoms with Gasteiger partial charge < -0.3 is 15.1 Å². The second-order valence-electron chi connectivity index (χ2n) is 7.45. The first-order valence-electron chi connectivity index (χ1n) is 9.99. The van der Waals surface area contributed by atoms with Gasteiger partial charge in [0.1, 0.15) is 0 Å². The zero-order valence-corrected chi connectivity index (χ0v) is 15.9. The number of anilines is 4. The molecule has 28 heavy (non-hydrogen) atoms. The Bertz CT molecular complexity index is 949. The lowest BCUT2D eigenvalue weighted by Gasteiger charge is -2.28. The summed E-state index contributed by atoms with van der Waals surface area (Å²) in [7, 11) is 0. The summed E-state index contributed by atoms with van der Waals surface area (Å²) in [6.45, 7) is 4.05. The van der Waals surface area contributed by atoms with Crippen molar-refractivity contribution in [3.63, 3.8) is 0 Å². The highest BCUT2D eigenvalue weighted by molar-refractivity contribution is 5.61. The van der Waals surface area contributed by atoms with E-state index in [0.717, 1.165) is 44.1 Å². The molecular weight excluding hydrogens is 348 g/mol. The van der Waals surface area contributed by atoms with E-state index in [1.165, 1.54) is 29.7 Å². The monoisotopic (exact) mass is 372 g/mol. The molecule has 0 saturated carbocycles. The zero-order chi connectivity index (χ0) is 18.8. The van der Waals surface area contributed by atoms with E-state index >= 15 is 0 Å². The van der Waals surface area contributed by atoms with Gasteiger partial charge in [-0.1, -0.05) is 24.3 Å². The van der Waals surface area contributed by atoms with Crippen molar-refractivity contribution in [3.05, 3.63) is 65.9 Å². The second-order valence-corrected chi connectivity index (χ2v) is 7.45. The highest BCUT2D eigenvalue weighted by atomic mass is 15.3. The fourth-order valence-corrected chi connectivity index (χ4v) is 4.03. The van der Waals surface area contributed by atoms with Gasteiger partial charge in [-0.15, -0.1) is 5.10 Å². The Morgan fingerprint density at radius 3 is 2.43 bits per heavy atom. The lowest BCUT2D eigenvalue weighted by molar-refractivity contribution is 0.698. The number of nitrogens with one attached hydrogen (secondary N) is 1. The van der Waals surface area contributed by atoms with Crippen LogP contribution in [0.15, 0.2) is 54.7 Å². The maximum absolute atomic E-state index is 4.70. The smallest absolute Gasteiger partial charge is 0.247 e. The average molecular weight is 372 g/mol. The molecule has 1 fully saturated rings.